The zero-order valence-corrected chi connectivity index (χ0v) is 18.4. The smallest absolute Gasteiger partial charge is 0.279 e. The molecule has 0 aliphatic carbocycles. The molecule has 0 spiro atoms. The van der Waals surface area contributed by atoms with E-state index in [1.54, 1.807) is 23.5 Å². The minimum Gasteiger partial charge on any atom is -0.494 e. The molecule has 0 N–H and O–H groups in total. The predicted molar refractivity (Wildman–Crippen MR) is 121 cm³/mol. The Bertz CT molecular complexity index is 1030. The van der Waals surface area contributed by atoms with Crippen molar-refractivity contribution < 1.29 is 9.53 Å². The van der Waals surface area contributed by atoms with Gasteiger partial charge >= 0.3 is 0 Å². The van der Waals surface area contributed by atoms with Crippen LogP contribution in [0.1, 0.15) is 62.4 Å². The molecule has 0 saturated heterocycles. The summed E-state index contributed by atoms with van der Waals surface area (Å²) in [5.74, 6) is 0.503. The third-order valence-corrected chi connectivity index (χ3v) is 5.94. The van der Waals surface area contributed by atoms with Crippen LogP contribution in [0.3, 0.4) is 0 Å². The average Bonchev–Trinajstić information content (AvgIpc) is 3.08. The number of fused-ring (bicyclic) bond motifs is 1. The summed E-state index contributed by atoms with van der Waals surface area (Å²) < 4.78 is 9.12. The average molecular weight is 411 g/mol. The fourth-order valence-corrected chi connectivity index (χ4v) is 4.39. The Kier molecular flexibility index (Phi) is 7.64. The van der Waals surface area contributed by atoms with Gasteiger partial charge in [0.05, 0.1) is 16.8 Å². The molecule has 0 saturated carbocycles. The highest BCUT2D eigenvalue weighted by Crippen LogP contribution is 2.20. The number of ether oxygens (including phenoxy) is 1. The molecule has 0 bridgehead atoms. The molecule has 154 valence electrons. The number of benzene rings is 2. The van der Waals surface area contributed by atoms with Gasteiger partial charge in [-0.2, -0.15) is 4.99 Å². The Balaban J connectivity index is 1.90. The molecule has 5 heteroatoms. The molecule has 0 fully saturated rings. The number of amides is 1. The summed E-state index contributed by atoms with van der Waals surface area (Å²) in [5, 5.41) is 0. The third-order valence-electron chi connectivity index (χ3n) is 4.90. The number of carbonyl (C=O) groups is 1. The van der Waals surface area contributed by atoms with E-state index < -0.39 is 0 Å². The minimum absolute atomic E-state index is 0.226. The molecule has 0 aliphatic rings. The molecule has 0 aliphatic heterocycles. The second kappa shape index (κ2) is 10.4. The zero-order chi connectivity index (χ0) is 20.6. The Morgan fingerprint density at radius 1 is 1.07 bits per heavy atom. The number of unbranched alkanes of at least 4 members (excludes halogenated alkanes) is 2. The molecule has 3 aromatic rings. The molecule has 1 amide bonds. The Morgan fingerprint density at radius 2 is 1.93 bits per heavy atom. The number of aryl methyl sites for hydroxylation is 2. The first-order chi connectivity index (χ1) is 14.2. The molecule has 0 unspecified atom stereocenters. The van der Waals surface area contributed by atoms with Gasteiger partial charge in [0.2, 0.25) is 0 Å². The van der Waals surface area contributed by atoms with Crippen molar-refractivity contribution in [3.8, 4) is 5.75 Å². The summed E-state index contributed by atoms with van der Waals surface area (Å²) in [6.45, 7) is 7.99. The zero-order valence-electron chi connectivity index (χ0n) is 17.6. The summed E-state index contributed by atoms with van der Waals surface area (Å²) in [5.41, 5.74) is 3.01. The molecule has 4 nitrogen and oxygen atoms in total. The van der Waals surface area contributed by atoms with Crippen LogP contribution in [0.2, 0.25) is 0 Å². The van der Waals surface area contributed by atoms with Gasteiger partial charge in [-0.05, 0) is 55.2 Å². The highest BCUT2D eigenvalue weighted by atomic mass is 32.1. The van der Waals surface area contributed by atoms with E-state index in [4.69, 9.17) is 4.74 Å². The van der Waals surface area contributed by atoms with Gasteiger partial charge in [0.15, 0.2) is 4.80 Å². The largest absolute Gasteiger partial charge is 0.494 e. The third kappa shape index (κ3) is 5.36. The SMILES string of the molecule is CCCCCOc1cccc(C(=O)N=c2sc3cc(CC)ccc3n2CCC)c1. The predicted octanol–water partition coefficient (Wildman–Crippen LogP) is 5.99. The van der Waals surface area contributed by atoms with E-state index in [-0.39, 0.29) is 5.91 Å². The standard InChI is InChI=1S/C24H30N2O2S/c1-4-7-8-15-28-20-11-9-10-19(17-20)23(27)25-24-26(14-5-2)21-13-12-18(6-3)16-22(21)29-24/h9-13,16-17H,4-8,14-15H2,1-3H3. The lowest BCUT2D eigenvalue weighted by Crippen LogP contribution is -2.16. The van der Waals surface area contributed by atoms with E-state index in [0.29, 0.717) is 12.2 Å². The number of rotatable bonds is 9. The lowest BCUT2D eigenvalue weighted by Gasteiger charge is -2.06. The molecule has 1 heterocycles. The quantitative estimate of drug-likeness (QED) is 0.407. The van der Waals surface area contributed by atoms with Crippen LogP contribution in [0, 0.1) is 0 Å². The van der Waals surface area contributed by atoms with Crippen LogP contribution < -0.4 is 9.54 Å². The van der Waals surface area contributed by atoms with Crippen molar-refractivity contribution in [2.75, 3.05) is 6.61 Å². The summed E-state index contributed by atoms with van der Waals surface area (Å²) in [6, 6.07) is 13.9. The van der Waals surface area contributed by atoms with Gasteiger partial charge in [-0.25, -0.2) is 0 Å². The molecular weight excluding hydrogens is 380 g/mol. The molecule has 3 rings (SSSR count). The first kappa shape index (κ1) is 21.3. The van der Waals surface area contributed by atoms with Crippen molar-refractivity contribution in [2.45, 2.75) is 59.4 Å². The number of thiazole rings is 1. The van der Waals surface area contributed by atoms with Gasteiger partial charge in [0.25, 0.3) is 5.91 Å². The second-order valence-corrected chi connectivity index (χ2v) is 8.20. The topological polar surface area (TPSA) is 43.6 Å². The van der Waals surface area contributed by atoms with E-state index in [2.05, 4.69) is 48.5 Å². The Hall–Kier alpha value is -2.40. The maximum atomic E-state index is 12.9. The van der Waals surface area contributed by atoms with Gasteiger partial charge in [-0.1, -0.05) is 57.1 Å². The van der Waals surface area contributed by atoms with E-state index in [1.165, 1.54) is 10.3 Å². The first-order valence-corrected chi connectivity index (χ1v) is 11.4. The number of carbonyl (C=O) groups excluding carboxylic acids is 1. The minimum atomic E-state index is -0.226. The summed E-state index contributed by atoms with van der Waals surface area (Å²) in [7, 11) is 0. The van der Waals surface area contributed by atoms with Crippen LogP contribution in [0.4, 0.5) is 0 Å². The number of aromatic nitrogens is 1. The molecule has 0 atom stereocenters. The van der Waals surface area contributed by atoms with Crippen LogP contribution in [0.15, 0.2) is 47.5 Å². The van der Waals surface area contributed by atoms with Crippen molar-refractivity contribution in [1.82, 2.24) is 4.57 Å². The normalized spacial score (nSPS) is 11.9. The van der Waals surface area contributed by atoms with Crippen molar-refractivity contribution in [3.63, 3.8) is 0 Å². The van der Waals surface area contributed by atoms with Gasteiger partial charge < -0.3 is 9.30 Å². The molecule has 2 aromatic carbocycles. The number of hydrogen-bond acceptors (Lipinski definition) is 3. The van der Waals surface area contributed by atoms with Crippen LogP contribution in [0.25, 0.3) is 10.2 Å². The molecule has 0 radical (unpaired) electrons. The highest BCUT2D eigenvalue weighted by Gasteiger charge is 2.10. The lowest BCUT2D eigenvalue weighted by atomic mass is 10.2. The maximum absolute atomic E-state index is 12.9. The summed E-state index contributed by atoms with van der Waals surface area (Å²) in [6.07, 6.45) is 5.32. The van der Waals surface area contributed by atoms with Crippen molar-refractivity contribution in [3.05, 3.63) is 58.4 Å². The lowest BCUT2D eigenvalue weighted by molar-refractivity contribution is 0.0997. The highest BCUT2D eigenvalue weighted by molar-refractivity contribution is 7.16. The fraction of sp³-hybridized carbons (Fsp3) is 0.417. The van der Waals surface area contributed by atoms with Crippen LogP contribution in [0.5, 0.6) is 5.75 Å². The van der Waals surface area contributed by atoms with E-state index in [9.17, 15) is 4.79 Å². The van der Waals surface area contributed by atoms with E-state index in [1.807, 2.05) is 12.1 Å². The second-order valence-electron chi connectivity index (χ2n) is 7.19. The van der Waals surface area contributed by atoms with Gasteiger partial charge in [0, 0.05) is 12.1 Å². The molecule has 1 aromatic heterocycles. The maximum Gasteiger partial charge on any atom is 0.279 e. The Morgan fingerprint density at radius 3 is 2.69 bits per heavy atom. The van der Waals surface area contributed by atoms with Crippen molar-refractivity contribution >= 4 is 27.5 Å². The van der Waals surface area contributed by atoms with Gasteiger partial charge in [-0.3, -0.25) is 4.79 Å². The van der Waals surface area contributed by atoms with Crippen LogP contribution in [-0.2, 0) is 13.0 Å². The first-order valence-electron chi connectivity index (χ1n) is 10.6. The summed E-state index contributed by atoms with van der Waals surface area (Å²) in [4.78, 5) is 18.1. The monoisotopic (exact) mass is 410 g/mol. The van der Waals surface area contributed by atoms with Crippen molar-refractivity contribution in [1.29, 1.82) is 0 Å². The number of hydrogen-bond donors (Lipinski definition) is 0. The van der Waals surface area contributed by atoms with Gasteiger partial charge in [-0.15, -0.1) is 0 Å². The van der Waals surface area contributed by atoms with E-state index in [0.717, 1.165) is 54.7 Å². The van der Waals surface area contributed by atoms with E-state index >= 15 is 0 Å². The molecule has 29 heavy (non-hydrogen) atoms. The van der Waals surface area contributed by atoms with Crippen LogP contribution in [-0.4, -0.2) is 17.1 Å². The molecular formula is C24H30N2O2S. The van der Waals surface area contributed by atoms with Crippen LogP contribution >= 0.6 is 11.3 Å². The van der Waals surface area contributed by atoms with Gasteiger partial charge in [0.1, 0.15) is 5.75 Å². The fourth-order valence-electron chi connectivity index (χ4n) is 3.27. The Labute approximate surface area is 176 Å². The van der Waals surface area contributed by atoms with Crippen molar-refractivity contribution in [2.24, 2.45) is 4.99 Å². The number of nitrogens with zero attached hydrogens (tertiary/aromatic N) is 2. The summed E-state index contributed by atoms with van der Waals surface area (Å²) >= 11 is 1.58.